The molecule has 0 fully saturated rings. The van der Waals surface area contributed by atoms with Gasteiger partial charge in [0.1, 0.15) is 18.1 Å². The maximum Gasteiger partial charge on any atom is 0.326 e. The minimum atomic E-state index is -1.15. The monoisotopic (exact) mass is 530 g/mol. The number of rotatable bonds is 17. The second kappa shape index (κ2) is 16.4. The van der Waals surface area contributed by atoms with Gasteiger partial charge in [0, 0.05) is 18.3 Å². The molecule has 4 unspecified atom stereocenters. The molecular weight excluding hydrogens is 492 g/mol. The molecule has 0 saturated carbocycles. The van der Waals surface area contributed by atoms with Crippen molar-refractivity contribution in [3.05, 3.63) is 18.2 Å². The number of thioether (sulfide) groups is 2. The summed E-state index contributed by atoms with van der Waals surface area (Å²) in [5.74, 6) is -1.40. The van der Waals surface area contributed by atoms with E-state index in [1.165, 1.54) is 24.3 Å². The summed E-state index contributed by atoms with van der Waals surface area (Å²) >= 11 is 3.09. The number of carboxylic acids is 1. The predicted octanol–water partition coefficient (Wildman–Crippen LogP) is 0.371. The second-order valence-electron chi connectivity index (χ2n) is 8.60. The van der Waals surface area contributed by atoms with Gasteiger partial charge in [-0.3, -0.25) is 14.4 Å². The van der Waals surface area contributed by atoms with E-state index in [0.29, 0.717) is 30.0 Å². The van der Waals surface area contributed by atoms with Gasteiger partial charge in [0.25, 0.3) is 0 Å². The van der Waals surface area contributed by atoms with Crippen molar-refractivity contribution in [2.75, 3.05) is 24.0 Å². The quantitative estimate of drug-likeness (QED) is 0.166. The highest BCUT2D eigenvalue weighted by Crippen LogP contribution is 2.08. The molecule has 0 aromatic carbocycles. The lowest BCUT2D eigenvalue weighted by Gasteiger charge is -2.25. The molecule has 0 saturated heterocycles. The van der Waals surface area contributed by atoms with Crippen molar-refractivity contribution in [2.24, 2.45) is 11.7 Å². The lowest BCUT2D eigenvalue weighted by atomic mass is 10.0. The van der Waals surface area contributed by atoms with Crippen molar-refractivity contribution in [1.82, 2.24) is 25.9 Å². The average Bonchev–Trinajstić information content (AvgIpc) is 3.31. The van der Waals surface area contributed by atoms with E-state index in [2.05, 4.69) is 25.9 Å². The van der Waals surface area contributed by atoms with Gasteiger partial charge in [0.2, 0.25) is 17.7 Å². The Labute approximate surface area is 214 Å². The van der Waals surface area contributed by atoms with Gasteiger partial charge in [-0.25, -0.2) is 9.78 Å². The van der Waals surface area contributed by atoms with E-state index >= 15 is 0 Å². The molecule has 1 heterocycles. The number of aromatic nitrogens is 2. The number of H-pyrrole nitrogens is 1. The number of hydrogen-bond donors (Lipinski definition) is 6. The van der Waals surface area contributed by atoms with Gasteiger partial charge >= 0.3 is 5.97 Å². The zero-order valence-electron chi connectivity index (χ0n) is 20.7. The number of carbonyl (C=O) groups is 4. The molecule has 11 nitrogen and oxygen atoms in total. The van der Waals surface area contributed by atoms with Crippen LogP contribution in [-0.2, 0) is 25.6 Å². The van der Waals surface area contributed by atoms with E-state index in [-0.39, 0.29) is 18.8 Å². The Morgan fingerprint density at radius 2 is 1.54 bits per heavy atom. The van der Waals surface area contributed by atoms with Crippen LogP contribution in [0.4, 0.5) is 0 Å². The fourth-order valence-electron chi connectivity index (χ4n) is 3.22. The smallest absolute Gasteiger partial charge is 0.326 e. The maximum absolute atomic E-state index is 13.2. The first kappa shape index (κ1) is 30.8. The Balaban J connectivity index is 3.01. The van der Waals surface area contributed by atoms with Gasteiger partial charge in [-0.15, -0.1) is 0 Å². The van der Waals surface area contributed by atoms with Crippen LogP contribution in [0, 0.1) is 5.92 Å². The van der Waals surface area contributed by atoms with Crippen LogP contribution in [0.2, 0.25) is 0 Å². The van der Waals surface area contributed by atoms with Gasteiger partial charge in [-0.1, -0.05) is 13.8 Å². The zero-order chi connectivity index (χ0) is 26.4. The number of nitrogens with zero attached hydrogens (tertiary/aromatic N) is 1. The molecule has 0 spiro atoms. The molecule has 0 aliphatic rings. The van der Waals surface area contributed by atoms with Crippen LogP contribution in [0.3, 0.4) is 0 Å². The summed E-state index contributed by atoms with van der Waals surface area (Å²) in [6.07, 6.45) is 7.90. The van der Waals surface area contributed by atoms with Gasteiger partial charge < -0.3 is 31.8 Å². The van der Waals surface area contributed by atoms with Crippen LogP contribution in [0.15, 0.2) is 12.5 Å². The molecule has 0 aliphatic carbocycles. The lowest BCUT2D eigenvalue weighted by molar-refractivity contribution is -0.142. The number of imidazole rings is 1. The summed E-state index contributed by atoms with van der Waals surface area (Å²) in [6.45, 7) is 3.71. The number of aromatic amines is 1. The number of carboxylic acid groups (broad SMARTS) is 1. The number of aliphatic carboxylic acids is 1. The zero-order valence-corrected chi connectivity index (χ0v) is 22.3. The van der Waals surface area contributed by atoms with Crippen LogP contribution < -0.4 is 21.7 Å². The summed E-state index contributed by atoms with van der Waals surface area (Å²) in [4.78, 5) is 57.2. The Hall–Kier alpha value is -2.25. The fraction of sp³-hybridized carbons (Fsp3) is 0.682. The highest BCUT2D eigenvalue weighted by molar-refractivity contribution is 7.98. The van der Waals surface area contributed by atoms with Gasteiger partial charge in [-0.2, -0.15) is 23.5 Å². The first-order valence-electron chi connectivity index (χ1n) is 11.4. The van der Waals surface area contributed by atoms with E-state index < -0.39 is 47.9 Å². The molecule has 1 aromatic rings. The third kappa shape index (κ3) is 11.8. The molecule has 1 aromatic heterocycles. The van der Waals surface area contributed by atoms with Crippen LogP contribution in [0.1, 0.15) is 38.8 Å². The van der Waals surface area contributed by atoms with Crippen LogP contribution in [0.25, 0.3) is 0 Å². The summed E-state index contributed by atoms with van der Waals surface area (Å²) in [5.41, 5.74) is 6.54. The third-order valence-electron chi connectivity index (χ3n) is 5.15. The molecule has 198 valence electrons. The largest absolute Gasteiger partial charge is 0.480 e. The van der Waals surface area contributed by atoms with E-state index in [1.807, 2.05) is 26.4 Å². The van der Waals surface area contributed by atoms with Gasteiger partial charge in [0.05, 0.1) is 12.4 Å². The summed E-state index contributed by atoms with van der Waals surface area (Å²) in [5, 5.41) is 17.4. The normalized spacial score (nSPS) is 14.6. The van der Waals surface area contributed by atoms with Crippen molar-refractivity contribution < 1.29 is 24.3 Å². The third-order valence-corrected chi connectivity index (χ3v) is 6.43. The molecule has 3 amide bonds. The Kier molecular flexibility index (Phi) is 14.4. The van der Waals surface area contributed by atoms with Crippen LogP contribution >= 0.6 is 23.5 Å². The number of amides is 3. The number of carbonyl (C=O) groups excluding carboxylic acids is 3. The van der Waals surface area contributed by atoms with Crippen molar-refractivity contribution in [1.29, 1.82) is 0 Å². The van der Waals surface area contributed by atoms with Crippen LogP contribution in [-0.4, -0.2) is 86.9 Å². The first-order chi connectivity index (χ1) is 16.6. The van der Waals surface area contributed by atoms with Gasteiger partial charge in [-0.05, 0) is 49.2 Å². The van der Waals surface area contributed by atoms with Crippen molar-refractivity contribution in [2.45, 2.75) is 63.7 Å². The molecule has 0 aliphatic heterocycles. The Morgan fingerprint density at radius 1 is 0.971 bits per heavy atom. The summed E-state index contributed by atoms with van der Waals surface area (Å²) < 4.78 is 0. The Bertz CT molecular complexity index is 808. The van der Waals surface area contributed by atoms with E-state index in [1.54, 1.807) is 11.8 Å². The summed E-state index contributed by atoms with van der Waals surface area (Å²) in [7, 11) is 0. The molecule has 1 rings (SSSR count). The second-order valence-corrected chi connectivity index (χ2v) is 10.6. The molecular formula is C22H38N6O5S2. The van der Waals surface area contributed by atoms with E-state index in [9.17, 15) is 24.3 Å². The SMILES string of the molecule is CSCCC(N)C(=O)NC(CCSC)C(=O)NC(Cc1cnc[nH]1)C(=O)NC(CC(C)C)C(=O)O. The number of hydrogen-bond acceptors (Lipinski definition) is 8. The number of nitrogens with two attached hydrogens (primary N) is 1. The highest BCUT2D eigenvalue weighted by atomic mass is 32.2. The molecule has 4 atom stereocenters. The summed E-state index contributed by atoms with van der Waals surface area (Å²) in [6, 6.07) is -3.80. The van der Waals surface area contributed by atoms with Gasteiger partial charge in [0.15, 0.2) is 0 Å². The predicted molar refractivity (Wildman–Crippen MR) is 139 cm³/mol. The van der Waals surface area contributed by atoms with E-state index in [4.69, 9.17) is 5.73 Å². The van der Waals surface area contributed by atoms with Crippen molar-refractivity contribution in [3.63, 3.8) is 0 Å². The maximum atomic E-state index is 13.2. The van der Waals surface area contributed by atoms with Crippen molar-refractivity contribution in [3.8, 4) is 0 Å². The first-order valence-corrected chi connectivity index (χ1v) is 14.2. The lowest BCUT2D eigenvalue weighted by Crippen LogP contribution is -2.57. The number of nitrogens with one attached hydrogen (secondary N) is 4. The minimum Gasteiger partial charge on any atom is -0.480 e. The highest BCUT2D eigenvalue weighted by Gasteiger charge is 2.30. The standard InChI is InChI=1S/C22H38N6O5S2/c1-13(2)9-18(22(32)33)28-21(31)17(10-14-11-24-12-25-14)27-20(30)16(6-8-35-4)26-19(29)15(23)5-7-34-3/h11-13,15-18H,5-10,23H2,1-4H3,(H,24,25)(H,26,29)(H,27,30)(H,28,31)(H,32,33). The van der Waals surface area contributed by atoms with E-state index in [0.717, 1.165) is 0 Å². The minimum absolute atomic E-state index is 0.0403. The molecule has 7 N–H and O–H groups in total. The Morgan fingerprint density at radius 3 is 2.09 bits per heavy atom. The topological polar surface area (TPSA) is 179 Å². The molecule has 0 bridgehead atoms. The van der Waals surface area contributed by atoms with Crippen LogP contribution in [0.5, 0.6) is 0 Å². The molecule has 13 heteroatoms. The van der Waals surface area contributed by atoms with Crippen molar-refractivity contribution >= 4 is 47.2 Å². The molecule has 0 radical (unpaired) electrons. The average molecular weight is 531 g/mol. The fourth-order valence-corrected chi connectivity index (χ4v) is 4.18. The molecule has 35 heavy (non-hydrogen) atoms.